The van der Waals surface area contributed by atoms with Crippen molar-refractivity contribution in [2.24, 2.45) is 5.41 Å². The second-order valence-electron chi connectivity index (χ2n) is 10.8. The van der Waals surface area contributed by atoms with Crippen LogP contribution in [0.5, 0.6) is 0 Å². The molecule has 4 aromatic rings. The van der Waals surface area contributed by atoms with Gasteiger partial charge in [0.15, 0.2) is 0 Å². The van der Waals surface area contributed by atoms with Crippen LogP contribution in [0, 0.1) is 24.0 Å². The van der Waals surface area contributed by atoms with Crippen LogP contribution in [-0.4, -0.2) is 71.9 Å². The summed E-state index contributed by atoms with van der Waals surface area (Å²) in [6.45, 7) is 5.76. The van der Waals surface area contributed by atoms with E-state index in [1.54, 1.807) is 30.4 Å². The van der Waals surface area contributed by atoms with Crippen LogP contribution >= 0.6 is 0 Å². The number of carbonyl (C=O) groups excluding carboxylic acids is 1. The van der Waals surface area contributed by atoms with Crippen LogP contribution in [0.25, 0.3) is 22.0 Å². The van der Waals surface area contributed by atoms with E-state index in [9.17, 15) is 9.18 Å². The fourth-order valence-electron chi connectivity index (χ4n) is 5.80. The molecule has 1 amide bonds. The molecule has 12 heteroatoms. The Kier molecular flexibility index (Phi) is 6.24. The van der Waals surface area contributed by atoms with Gasteiger partial charge in [0.1, 0.15) is 29.6 Å². The first-order valence-corrected chi connectivity index (χ1v) is 13.4. The first kappa shape index (κ1) is 25.7. The molecular formula is C29H27F2N7O3. The second-order valence-corrected chi connectivity index (χ2v) is 10.8. The lowest BCUT2D eigenvalue weighted by atomic mass is 9.85. The summed E-state index contributed by atoms with van der Waals surface area (Å²) in [4.78, 5) is 34.5. The molecule has 10 nitrogen and oxygen atoms in total. The number of carbonyl (C=O) groups is 1. The third kappa shape index (κ3) is 4.52. The maximum absolute atomic E-state index is 15.5. The van der Waals surface area contributed by atoms with Crippen molar-refractivity contribution in [2.45, 2.75) is 13.3 Å². The molecule has 7 rings (SSSR count). The van der Waals surface area contributed by atoms with E-state index in [0.717, 1.165) is 11.9 Å². The summed E-state index contributed by atoms with van der Waals surface area (Å²) in [6.07, 6.45) is 6.86. The van der Waals surface area contributed by atoms with Gasteiger partial charge in [0.05, 0.1) is 48.7 Å². The Morgan fingerprint density at radius 1 is 1.02 bits per heavy atom. The number of halogens is 2. The maximum Gasteiger partial charge on any atom is 0.228 e. The largest absolute Gasteiger partial charge is 0.380 e. The zero-order chi connectivity index (χ0) is 28.1. The summed E-state index contributed by atoms with van der Waals surface area (Å²) >= 11 is 0. The molecule has 1 N–H and O–H groups in total. The molecule has 1 aromatic carbocycles. The van der Waals surface area contributed by atoms with Crippen LogP contribution in [0.1, 0.15) is 12.0 Å². The molecule has 3 aliphatic rings. The highest BCUT2D eigenvalue weighted by molar-refractivity contribution is 6.03. The van der Waals surface area contributed by atoms with E-state index in [-0.39, 0.29) is 22.2 Å². The molecule has 0 aliphatic carbocycles. The van der Waals surface area contributed by atoms with Crippen molar-refractivity contribution >= 4 is 39.8 Å². The fourth-order valence-corrected chi connectivity index (χ4v) is 5.80. The van der Waals surface area contributed by atoms with E-state index in [0.29, 0.717) is 86.4 Å². The van der Waals surface area contributed by atoms with Gasteiger partial charge in [-0.15, -0.1) is 0 Å². The molecular weight excluding hydrogens is 532 g/mol. The fraction of sp³-hybridized carbons (Fsp3) is 0.345. The number of hydrogen-bond donors (Lipinski definition) is 1. The van der Waals surface area contributed by atoms with Gasteiger partial charge in [-0.1, -0.05) is 0 Å². The number of rotatable bonds is 5. The Morgan fingerprint density at radius 2 is 1.80 bits per heavy atom. The molecule has 41 heavy (non-hydrogen) atoms. The lowest BCUT2D eigenvalue weighted by Gasteiger charge is -2.37. The molecule has 1 spiro atoms. The highest BCUT2D eigenvalue weighted by Crippen LogP contribution is 2.44. The third-order valence-electron chi connectivity index (χ3n) is 7.97. The summed E-state index contributed by atoms with van der Waals surface area (Å²) in [7, 11) is 0. The molecule has 3 aliphatic heterocycles. The Balaban J connectivity index is 1.39. The number of amides is 1. The summed E-state index contributed by atoms with van der Waals surface area (Å²) in [5.41, 5.74) is 2.83. The van der Waals surface area contributed by atoms with Crippen molar-refractivity contribution < 1.29 is 23.0 Å². The summed E-state index contributed by atoms with van der Waals surface area (Å²) in [5.74, 6) is -0.507. The number of nitrogens with one attached hydrogen (secondary N) is 1. The van der Waals surface area contributed by atoms with E-state index < -0.39 is 11.6 Å². The average molecular weight is 560 g/mol. The average Bonchev–Trinajstić information content (AvgIpc) is 3.33. The van der Waals surface area contributed by atoms with Gasteiger partial charge in [-0.3, -0.25) is 9.69 Å². The minimum atomic E-state index is -0.756. The van der Waals surface area contributed by atoms with Gasteiger partial charge >= 0.3 is 0 Å². The molecule has 0 radical (unpaired) electrons. The Bertz CT molecular complexity index is 1660. The number of hydrogen-bond acceptors (Lipinski definition) is 9. The highest BCUT2D eigenvalue weighted by atomic mass is 19.1. The molecule has 210 valence electrons. The number of ether oxygens (including phenoxy) is 2. The minimum Gasteiger partial charge on any atom is -0.380 e. The molecule has 0 bridgehead atoms. The Labute approximate surface area is 234 Å². The maximum atomic E-state index is 15.5. The molecule has 0 atom stereocenters. The molecule has 0 saturated carbocycles. The third-order valence-corrected chi connectivity index (χ3v) is 7.97. The van der Waals surface area contributed by atoms with Gasteiger partial charge in [0.2, 0.25) is 5.91 Å². The topological polar surface area (TPSA) is 106 Å². The summed E-state index contributed by atoms with van der Waals surface area (Å²) in [5, 5.41) is 3.56. The van der Waals surface area contributed by atoms with E-state index >= 15 is 4.39 Å². The van der Waals surface area contributed by atoms with E-state index in [1.165, 1.54) is 12.4 Å². The minimum absolute atomic E-state index is 0.0910. The molecule has 0 unspecified atom stereocenters. The van der Waals surface area contributed by atoms with Crippen molar-refractivity contribution in [2.75, 3.05) is 61.2 Å². The zero-order valence-electron chi connectivity index (χ0n) is 22.4. The van der Waals surface area contributed by atoms with Crippen molar-refractivity contribution in [1.29, 1.82) is 0 Å². The van der Waals surface area contributed by atoms with Crippen LogP contribution in [0.15, 0.2) is 43.1 Å². The van der Waals surface area contributed by atoms with E-state index in [4.69, 9.17) is 14.5 Å². The summed E-state index contributed by atoms with van der Waals surface area (Å²) < 4.78 is 40.8. The first-order chi connectivity index (χ1) is 19.9. The van der Waals surface area contributed by atoms with E-state index in [1.807, 2.05) is 6.07 Å². The lowest BCUT2D eigenvalue weighted by Crippen LogP contribution is -2.44. The number of nitrogens with zero attached hydrogens (tertiary/aromatic N) is 6. The Morgan fingerprint density at radius 3 is 2.51 bits per heavy atom. The van der Waals surface area contributed by atoms with Gasteiger partial charge in [-0.05, 0) is 6.92 Å². The van der Waals surface area contributed by atoms with Crippen molar-refractivity contribution in [3.63, 3.8) is 0 Å². The quantitative estimate of drug-likeness (QED) is 0.388. The standard InChI is InChI=1S/C29H27F2N7O3/c1-17-27(35-22-8-24(37-2-4-40-5-3-37)34-12-20(22)18-10-32-16-33-11-18)26-21(31)6-19(30)7-23(26)36-28(17)38-13-29(9-25(38)39)14-41-15-29/h6-8,10-12,16H,2-5,9,13-15H2,1H3,(H,34,35,36). The van der Waals surface area contributed by atoms with Gasteiger partial charge in [0.25, 0.3) is 0 Å². The number of benzene rings is 1. The van der Waals surface area contributed by atoms with Crippen LogP contribution in [0.2, 0.25) is 0 Å². The lowest BCUT2D eigenvalue weighted by molar-refractivity contribution is -0.126. The van der Waals surface area contributed by atoms with Crippen LogP contribution < -0.4 is 15.1 Å². The monoisotopic (exact) mass is 559 g/mol. The smallest absolute Gasteiger partial charge is 0.228 e. The molecule has 6 heterocycles. The predicted octanol–water partition coefficient (Wildman–Crippen LogP) is 4.01. The van der Waals surface area contributed by atoms with Gasteiger partial charge in [-0.2, -0.15) is 0 Å². The molecule has 3 saturated heterocycles. The Hall–Kier alpha value is -4.29. The molecule has 3 aromatic heterocycles. The number of fused-ring (bicyclic) bond motifs is 1. The van der Waals surface area contributed by atoms with Gasteiger partial charge in [-0.25, -0.2) is 28.7 Å². The zero-order valence-corrected chi connectivity index (χ0v) is 22.4. The van der Waals surface area contributed by atoms with Crippen LogP contribution in [-0.2, 0) is 14.3 Å². The van der Waals surface area contributed by atoms with Gasteiger partial charge in [0, 0.05) is 85.0 Å². The van der Waals surface area contributed by atoms with E-state index in [2.05, 4.69) is 25.2 Å². The van der Waals surface area contributed by atoms with Crippen molar-refractivity contribution in [3.05, 3.63) is 60.3 Å². The number of pyridine rings is 2. The number of aromatic nitrogens is 4. The van der Waals surface area contributed by atoms with Gasteiger partial charge < -0.3 is 19.7 Å². The molecule has 3 fully saturated rings. The van der Waals surface area contributed by atoms with Crippen LogP contribution in [0.4, 0.5) is 31.8 Å². The van der Waals surface area contributed by atoms with Crippen LogP contribution in [0.3, 0.4) is 0 Å². The first-order valence-electron chi connectivity index (χ1n) is 13.4. The highest BCUT2D eigenvalue weighted by Gasteiger charge is 2.49. The number of morpholine rings is 1. The normalized spacial score (nSPS) is 18.3. The predicted molar refractivity (Wildman–Crippen MR) is 148 cm³/mol. The SMILES string of the molecule is Cc1c(N2CC3(COC3)CC2=O)nc2cc(F)cc(F)c2c1Nc1cc(N2CCOCC2)ncc1-c1cncnc1. The van der Waals surface area contributed by atoms with Crippen molar-refractivity contribution in [3.8, 4) is 11.1 Å². The van der Waals surface area contributed by atoms with Crippen molar-refractivity contribution in [1.82, 2.24) is 19.9 Å². The summed E-state index contributed by atoms with van der Waals surface area (Å²) in [6, 6.07) is 3.92. The second kappa shape index (κ2) is 9.96. The number of anilines is 4.